The minimum atomic E-state index is -0.269. The molecule has 0 saturated carbocycles. The summed E-state index contributed by atoms with van der Waals surface area (Å²) in [6.45, 7) is 2.89. The zero-order valence-electron chi connectivity index (χ0n) is 9.82. The third-order valence-electron chi connectivity index (χ3n) is 2.37. The zero-order chi connectivity index (χ0) is 12.3. The van der Waals surface area contributed by atoms with Crippen molar-refractivity contribution in [3.05, 3.63) is 17.7 Å². The Labute approximate surface area is 109 Å². The maximum atomic E-state index is 11.8. The predicted molar refractivity (Wildman–Crippen MR) is 70.4 cm³/mol. The summed E-state index contributed by atoms with van der Waals surface area (Å²) in [5, 5.41) is 0. The van der Waals surface area contributed by atoms with Gasteiger partial charge in [0.05, 0.1) is 28.6 Å². The van der Waals surface area contributed by atoms with Crippen LogP contribution in [0, 0.1) is 0 Å². The Morgan fingerprint density at radius 3 is 3.12 bits per heavy atom. The van der Waals surface area contributed by atoms with E-state index in [0.717, 1.165) is 21.3 Å². The molecule has 0 bridgehead atoms. The maximum absolute atomic E-state index is 11.8. The van der Waals surface area contributed by atoms with E-state index in [1.807, 2.05) is 25.3 Å². The Kier molecular flexibility index (Phi) is 4.23. The van der Waals surface area contributed by atoms with E-state index in [1.165, 1.54) is 0 Å². The highest BCUT2D eigenvalue weighted by Crippen LogP contribution is 2.42. The summed E-state index contributed by atoms with van der Waals surface area (Å²) < 4.78 is 10.7. The molecule has 0 N–H and O–H groups in total. The highest BCUT2D eigenvalue weighted by atomic mass is 32.2. The number of hydrogen-bond acceptors (Lipinski definition) is 5. The molecule has 0 spiro atoms. The Bertz CT molecular complexity index is 432. The molecule has 0 amide bonds. The molecular weight excluding hydrogens is 256 g/mol. The van der Waals surface area contributed by atoms with Gasteiger partial charge in [0.2, 0.25) is 0 Å². The molecule has 0 fully saturated rings. The number of rotatable bonds is 3. The average molecular weight is 270 g/mol. The Balaban J connectivity index is 2.43. The molecule has 2 rings (SSSR count). The largest absolute Gasteiger partial charge is 0.490 e. The number of carbonyl (C=O) groups is 1. The first-order valence-electron chi connectivity index (χ1n) is 5.41. The third kappa shape index (κ3) is 2.55. The van der Waals surface area contributed by atoms with Crippen LogP contribution in [-0.2, 0) is 4.74 Å². The van der Waals surface area contributed by atoms with Crippen molar-refractivity contribution in [3.8, 4) is 5.75 Å². The summed E-state index contributed by atoms with van der Waals surface area (Å²) in [6.07, 6.45) is 2.00. The second-order valence-electron chi connectivity index (χ2n) is 3.39. The lowest BCUT2D eigenvalue weighted by Crippen LogP contribution is -2.13. The number of benzene rings is 1. The van der Waals surface area contributed by atoms with E-state index in [0.29, 0.717) is 18.8 Å². The molecule has 17 heavy (non-hydrogen) atoms. The summed E-state index contributed by atoms with van der Waals surface area (Å²) in [6, 6.07) is 3.74. The van der Waals surface area contributed by atoms with Crippen LogP contribution in [0.2, 0.25) is 0 Å². The SMILES string of the molecule is CCOC(=O)c1ccc(SC)c2c1SCCO2. The van der Waals surface area contributed by atoms with Crippen LogP contribution >= 0.6 is 23.5 Å². The van der Waals surface area contributed by atoms with E-state index >= 15 is 0 Å². The quantitative estimate of drug-likeness (QED) is 0.623. The topological polar surface area (TPSA) is 35.5 Å². The van der Waals surface area contributed by atoms with E-state index in [2.05, 4.69) is 0 Å². The number of fused-ring (bicyclic) bond motifs is 1. The first-order valence-corrected chi connectivity index (χ1v) is 7.62. The number of thioether (sulfide) groups is 2. The van der Waals surface area contributed by atoms with E-state index in [9.17, 15) is 4.79 Å². The fourth-order valence-electron chi connectivity index (χ4n) is 1.64. The predicted octanol–water partition coefficient (Wildman–Crippen LogP) is 3.07. The van der Waals surface area contributed by atoms with Gasteiger partial charge in [-0.1, -0.05) is 0 Å². The van der Waals surface area contributed by atoms with Crippen molar-refractivity contribution in [1.29, 1.82) is 0 Å². The molecule has 1 aromatic rings. The minimum Gasteiger partial charge on any atom is -0.490 e. The number of ether oxygens (including phenoxy) is 2. The van der Waals surface area contributed by atoms with Gasteiger partial charge in [-0.15, -0.1) is 23.5 Å². The lowest BCUT2D eigenvalue weighted by atomic mass is 10.2. The van der Waals surface area contributed by atoms with Crippen LogP contribution in [-0.4, -0.2) is 31.2 Å². The van der Waals surface area contributed by atoms with Crippen LogP contribution in [0.3, 0.4) is 0 Å². The standard InChI is InChI=1S/C12H14O3S2/c1-3-14-12(13)8-4-5-9(16-2)10-11(8)17-7-6-15-10/h4-5H,3,6-7H2,1-2H3. The molecular formula is C12H14O3S2. The highest BCUT2D eigenvalue weighted by Gasteiger charge is 2.23. The van der Waals surface area contributed by atoms with E-state index < -0.39 is 0 Å². The summed E-state index contributed by atoms with van der Waals surface area (Å²) in [4.78, 5) is 13.8. The molecule has 92 valence electrons. The van der Waals surface area contributed by atoms with Gasteiger partial charge in [-0.3, -0.25) is 0 Å². The van der Waals surface area contributed by atoms with Crippen molar-refractivity contribution in [2.45, 2.75) is 16.7 Å². The summed E-state index contributed by atoms with van der Waals surface area (Å²) in [5.74, 6) is 1.44. The molecule has 1 aliphatic rings. The van der Waals surface area contributed by atoms with Crippen molar-refractivity contribution in [2.75, 3.05) is 25.2 Å². The van der Waals surface area contributed by atoms with Crippen LogP contribution in [0.25, 0.3) is 0 Å². The van der Waals surface area contributed by atoms with Crippen molar-refractivity contribution >= 4 is 29.5 Å². The second kappa shape index (κ2) is 5.69. The van der Waals surface area contributed by atoms with Gasteiger partial charge in [-0.25, -0.2) is 4.79 Å². The first-order chi connectivity index (χ1) is 8.27. The first kappa shape index (κ1) is 12.6. The average Bonchev–Trinajstić information content (AvgIpc) is 2.37. The second-order valence-corrected chi connectivity index (χ2v) is 5.34. The zero-order valence-corrected chi connectivity index (χ0v) is 11.5. The van der Waals surface area contributed by atoms with Gasteiger partial charge in [0, 0.05) is 5.75 Å². The Hall–Kier alpha value is -0.810. The molecule has 0 aliphatic carbocycles. The molecule has 1 aliphatic heterocycles. The van der Waals surface area contributed by atoms with Gasteiger partial charge in [-0.2, -0.15) is 0 Å². The van der Waals surface area contributed by atoms with Gasteiger partial charge >= 0.3 is 5.97 Å². The van der Waals surface area contributed by atoms with Gasteiger partial charge in [0.1, 0.15) is 5.75 Å². The Morgan fingerprint density at radius 2 is 2.41 bits per heavy atom. The van der Waals surface area contributed by atoms with Gasteiger partial charge in [0.15, 0.2) is 0 Å². The van der Waals surface area contributed by atoms with Crippen LogP contribution in [0.15, 0.2) is 21.9 Å². The number of hydrogen-bond donors (Lipinski definition) is 0. The molecule has 0 unspecified atom stereocenters. The molecule has 3 nitrogen and oxygen atoms in total. The fourth-order valence-corrected chi connectivity index (χ4v) is 3.24. The smallest absolute Gasteiger partial charge is 0.339 e. The van der Waals surface area contributed by atoms with E-state index in [1.54, 1.807) is 23.5 Å². The number of carbonyl (C=O) groups excluding carboxylic acids is 1. The summed E-state index contributed by atoms with van der Waals surface area (Å²) in [5.41, 5.74) is 0.615. The molecule has 1 aromatic carbocycles. The van der Waals surface area contributed by atoms with E-state index in [4.69, 9.17) is 9.47 Å². The lowest BCUT2D eigenvalue weighted by Gasteiger charge is -2.21. The van der Waals surface area contributed by atoms with Crippen molar-refractivity contribution in [1.82, 2.24) is 0 Å². The van der Waals surface area contributed by atoms with E-state index in [-0.39, 0.29) is 5.97 Å². The van der Waals surface area contributed by atoms with Crippen LogP contribution < -0.4 is 4.74 Å². The molecule has 0 saturated heterocycles. The highest BCUT2D eigenvalue weighted by molar-refractivity contribution is 8.00. The van der Waals surface area contributed by atoms with Gasteiger partial charge in [-0.05, 0) is 25.3 Å². The number of esters is 1. The third-order valence-corrected chi connectivity index (χ3v) is 4.19. The molecule has 0 radical (unpaired) electrons. The maximum Gasteiger partial charge on any atom is 0.339 e. The van der Waals surface area contributed by atoms with Crippen LogP contribution in [0.1, 0.15) is 17.3 Å². The molecule has 0 aromatic heterocycles. The van der Waals surface area contributed by atoms with Crippen LogP contribution in [0.4, 0.5) is 0 Å². The van der Waals surface area contributed by atoms with Crippen molar-refractivity contribution in [2.24, 2.45) is 0 Å². The molecule has 0 atom stereocenters. The summed E-state index contributed by atoms with van der Waals surface area (Å²) >= 11 is 3.29. The van der Waals surface area contributed by atoms with Crippen LogP contribution in [0.5, 0.6) is 5.75 Å². The Morgan fingerprint density at radius 1 is 1.59 bits per heavy atom. The summed E-state index contributed by atoms with van der Waals surface area (Å²) in [7, 11) is 0. The lowest BCUT2D eigenvalue weighted by molar-refractivity contribution is 0.0521. The van der Waals surface area contributed by atoms with Crippen molar-refractivity contribution < 1.29 is 14.3 Å². The van der Waals surface area contributed by atoms with Crippen molar-refractivity contribution in [3.63, 3.8) is 0 Å². The fraction of sp³-hybridized carbons (Fsp3) is 0.417. The minimum absolute atomic E-state index is 0.269. The molecule has 1 heterocycles. The van der Waals surface area contributed by atoms with Gasteiger partial charge < -0.3 is 9.47 Å². The molecule has 5 heteroatoms. The van der Waals surface area contributed by atoms with Gasteiger partial charge in [0.25, 0.3) is 0 Å². The normalized spacial score (nSPS) is 13.8. The monoisotopic (exact) mass is 270 g/mol.